The molecule has 0 spiro atoms. The molecule has 1 aliphatic heterocycles. The van der Waals surface area contributed by atoms with E-state index < -0.39 is 5.41 Å². The van der Waals surface area contributed by atoms with Crippen LogP contribution in [0.4, 0.5) is 0 Å². The van der Waals surface area contributed by atoms with Gasteiger partial charge in [0.2, 0.25) is 5.91 Å². The molecule has 1 heterocycles. The third-order valence-corrected chi connectivity index (χ3v) is 6.67. The van der Waals surface area contributed by atoms with Gasteiger partial charge < -0.3 is 5.11 Å². The number of aliphatic hydroxyl groups is 1. The predicted octanol–water partition coefficient (Wildman–Crippen LogP) is 4.88. The summed E-state index contributed by atoms with van der Waals surface area (Å²) in [5, 5.41) is 19.2. The number of carbonyl (C=O) groups excluding carboxylic acids is 1. The van der Waals surface area contributed by atoms with E-state index in [1.807, 2.05) is 56.3 Å². The van der Waals surface area contributed by atoms with Crippen LogP contribution in [-0.4, -0.2) is 34.4 Å². The van der Waals surface area contributed by atoms with Crippen molar-refractivity contribution < 1.29 is 9.90 Å². The maximum Gasteiger partial charge on any atom is 0.239 e. The van der Waals surface area contributed by atoms with Crippen molar-refractivity contribution in [3.63, 3.8) is 0 Å². The van der Waals surface area contributed by atoms with Crippen molar-refractivity contribution in [1.82, 2.24) is 4.90 Å². The summed E-state index contributed by atoms with van der Waals surface area (Å²) in [5.41, 5.74) is 2.30. The topological polar surface area (TPSA) is 64.4 Å². The first-order chi connectivity index (χ1) is 13.9. The number of amides is 1. The van der Waals surface area contributed by atoms with Crippen LogP contribution in [0.2, 0.25) is 5.02 Å². The van der Waals surface area contributed by atoms with Gasteiger partial charge in [-0.3, -0.25) is 15.1 Å². The largest absolute Gasteiger partial charge is 0.394 e. The lowest BCUT2D eigenvalue weighted by Crippen LogP contribution is -2.48. The number of halogens is 1. The highest BCUT2D eigenvalue weighted by atomic mass is 35.5. The molecule has 2 aromatic carbocycles. The molecule has 1 amide bonds. The standard InChI is InChI=1S/C24H27ClN2O2/c1-15(2)21(14-28)27-22(26)13-24(23(27)29,18-9-10-18)19-7-3-5-16(11-19)17-6-4-8-20(25)12-17/h3-8,11-12,15,18,21,26,28H,9-10,13-14H2,1-2H3/t21-,24?/m1/s1. The fraction of sp³-hybridized carbons (Fsp3) is 0.417. The van der Waals surface area contributed by atoms with Crippen LogP contribution in [0.25, 0.3) is 11.1 Å². The molecule has 2 aromatic rings. The van der Waals surface area contributed by atoms with Crippen molar-refractivity contribution in [3.8, 4) is 11.1 Å². The number of benzene rings is 2. The number of rotatable bonds is 6. The molecule has 4 nitrogen and oxygen atoms in total. The van der Waals surface area contributed by atoms with E-state index in [4.69, 9.17) is 17.0 Å². The van der Waals surface area contributed by atoms with E-state index in [0.717, 1.165) is 29.5 Å². The number of nitrogens with one attached hydrogen (secondary N) is 1. The second kappa shape index (κ2) is 7.58. The van der Waals surface area contributed by atoms with E-state index in [9.17, 15) is 9.90 Å². The molecular formula is C24H27ClN2O2. The molecule has 0 bridgehead atoms. The van der Waals surface area contributed by atoms with Gasteiger partial charge in [0.05, 0.1) is 18.1 Å². The van der Waals surface area contributed by atoms with E-state index in [1.54, 1.807) is 4.90 Å². The molecule has 1 aliphatic carbocycles. The number of hydrogen-bond donors (Lipinski definition) is 2. The maximum absolute atomic E-state index is 13.8. The number of amidine groups is 1. The predicted molar refractivity (Wildman–Crippen MR) is 116 cm³/mol. The lowest BCUT2D eigenvalue weighted by molar-refractivity contribution is -0.134. The number of likely N-dealkylation sites (tertiary alicyclic amines) is 1. The summed E-state index contributed by atoms with van der Waals surface area (Å²) in [5.74, 6) is 0.627. The Morgan fingerprint density at radius 1 is 1.17 bits per heavy atom. The van der Waals surface area contributed by atoms with Crippen LogP contribution in [0, 0.1) is 17.2 Å². The number of aliphatic hydroxyl groups excluding tert-OH is 1. The van der Waals surface area contributed by atoms with Gasteiger partial charge in [0.15, 0.2) is 0 Å². The molecule has 2 aliphatic rings. The van der Waals surface area contributed by atoms with Crippen LogP contribution in [-0.2, 0) is 10.2 Å². The Labute approximate surface area is 177 Å². The second-order valence-corrected chi connectivity index (χ2v) is 9.07. The normalized spacial score (nSPS) is 23.1. The summed E-state index contributed by atoms with van der Waals surface area (Å²) in [4.78, 5) is 15.3. The highest BCUT2D eigenvalue weighted by Crippen LogP contribution is 2.54. The minimum atomic E-state index is -0.700. The minimum absolute atomic E-state index is 0.0269. The third kappa shape index (κ3) is 3.38. The molecule has 0 radical (unpaired) electrons. The van der Waals surface area contributed by atoms with Gasteiger partial charge in [0.1, 0.15) is 5.84 Å². The SMILES string of the molecule is CC(C)[C@@H](CO)N1C(=N)CC(c2cccc(-c3cccc(Cl)c3)c2)(C2CC2)C1=O. The molecule has 1 saturated heterocycles. The van der Waals surface area contributed by atoms with Gasteiger partial charge in [-0.2, -0.15) is 0 Å². The summed E-state index contributed by atoms with van der Waals surface area (Å²) in [6, 6.07) is 15.5. The Bertz CT molecular complexity index is 953. The van der Waals surface area contributed by atoms with E-state index in [-0.39, 0.29) is 30.4 Å². The van der Waals surface area contributed by atoms with Crippen molar-refractivity contribution in [2.45, 2.75) is 44.6 Å². The number of carbonyl (C=O) groups is 1. The summed E-state index contributed by atoms with van der Waals surface area (Å²) in [6.07, 6.45) is 2.40. The average molecular weight is 411 g/mol. The molecule has 1 saturated carbocycles. The Kier molecular flexibility index (Phi) is 5.26. The lowest BCUT2D eigenvalue weighted by atomic mass is 9.73. The summed E-state index contributed by atoms with van der Waals surface area (Å²) in [6.45, 7) is 3.84. The highest BCUT2D eigenvalue weighted by molar-refractivity contribution is 6.30. The molecule has 1 unspecified atom stereocenters. The second-order valence-electron chi connectivity index (χ2n) is 8.63. The summed E-state index contributed by atoms with van der Waals surface area (Å²) in [7, 11) is 0. The lowest BCUT2D eigenvalue weighted by Gasteiger charge is -2.33. The Hall–Kier alpha value is -2.17. The fourth-order valence-corrected chi connectivity index (χ4v) is 4.89. The summed E-state index contributed by atoms with van der Waals surface area (Å²) >= 11 is 6.18. The van der Waals surface area contributed by atoms with E-state index in [2.05, 4.69) is 6.07 Å². The van der Waals surface area contributed by atoms with E-state index in [0.29, 0.717) is 17.3 Å². The van der Waals surface area contributed by atoms with Crippen LogP contribution in [0.15, 0.2) is 48.5 Å². The molecule has 2 atom stereocenters. The molecule has 2 N–H and O–H groups in total. The smallest absolute Gasteiger partial charge is 0.239 e. The Balaban J connectivity index is 1.78. The van der Waals surface area contributed by atoms with Gasteiger partial charge in [0.25, 0.3) is 0 Å². The van der Waals surface area contributed by atoms with Crippen LogP contribution in [0.5, 0.6) is 0 Å². The molecule has 2 fully saturated rings. The Morgan fingerprint density at radius 2 is 1.83 bits per heavy atom. The quantitative estimate of drug-likeness (QED) is 0.712. The van der Waals surface area contributed by atoms with Gasteiger partial charge in [0, 0.05) is 11.4 Å². The van der Waals surface area contributed by atoms with Crippen LogP contribution in [0.1, 0.15) is 38.7 Å². The van der Waals surface area contributed by atoms with Crippen LogP contribution >= 0.6 is 11.6 Å². The zero-order valence-electron chi connectivity index (χ0n) is 16.9. The van der Waals surface area contributed by atoms with Crippen LogP contribution in [0.3, 0.4) is 0 Å². The van der Waals surface area contributed by atoms with E-state index in [1.165, 1.54) is 0 Å². The average Bonchev–Trinajstić information content (AvgIpc) is 3.51. The van der Waals surface area contributed by atoms with Crippen molar-refractivity contribution in [2.24, 2.45) is 11.8 Å². The van der Waals surface area contributed by atoms with Crippen molar-refractivity contribution in [2.75, 3.05) is 6.61 Å². The zero-order chi connectivity index (χ0) is 20.8. The first-order valence-corrected chi connectivity index (χ1v) is 10.6. The van der Waals surface area contributed by atoms with Gasteiger partial charge in [-0.1, -0.05) is 61.8 Å². The highest BCUT2D eigenvalue weighted by Gasteiger charge is 2.60. The molecule has 29 heavy (non-hydrogen) atoms. The first-order valence-electron chi connectivity index (χ1n) is 10.3. The van der Waals surface area contributed by atoms with E-state index >= 15 is 0 Å². The first kappa shape index (κ1) is 20.1. The Morgan fingerprint density at radius 3 is 2.41 bits per heavy atom. The zero-order valence-corrected chi connectivity index (χ0v) is 17.6. The molecular weight excluding hydrogens is 384 g/mol. The van der Waals surface area contributed by atoms with Gasteiger partial charge in [-0.25, -0.2) is 0 Å². The van der Waals surface area contributed by atoms with Crippen molar-refractivity contribution >= 4 is 23.3 Å². The molecule has 5 heteroatoms. The molecule has 152 valence electrons. The number of hydrogen-bond acceptors (Lipinski definition) is 3. The molecule has 4 rings (SSSR count). The summed E-state index contributed by atoms with van der Waals surface area (Å²) < 4.78 is 0. The monoisotopic (exact) mass is 410 g/mol. The van der Waals surface area contributed by atoms with Gasteiger partial charge >= 0.3 is 0 Å². The van der Waals surface area contributed by atoms with Gasteiger partial charge in [-0.05, 0) is 53.5 Å². The number of nitrogens with zero attached hydrogens (tertiary/aromatic N) is 1. The van der Waals surface area contributed by atoms with Crippen molar-refractivity contribution in [3.05, 3.63) is 59.1 Å². The van der Waals surface area contributed by atoms with Crippen LogP contribution < -0.4 is 0 Å². The fourth-order valence-electron chi connectivity index (χ4n) is 4.70. The minimum Gasteiger partial charge on any atom is -0.394 e. The van der Waals surface area contributed by atoms with Gasteiger partial charge in [-0.15, -0.1) is 0 Å². The maximum atomic E-state index is 13.8. The molecule has 0 aromatic heterocycles. The third-order valence-electron chi connectivity index (χ3n) is 6.44. The van der Waals surface area contributed by atoms with Crippen molar-refractivity contribution in [1.29, 1.82) is 5.41 Å².